The van der Waals surface area contributed by atoms with Gasteiger partial charge in [-0.25, -0.2) is 0 Å². The van der Waals surface area contributed by atoms with E-state index in [1.165, 1.54) is 0 Å². The molecule has 2 fully saturated rings. The Labute approximate surface area is 216 Å². The zero-order valence-corrected chi connectivity index (χ0v) is 20.9. The van der Waals surface area contributed by atoms with Gasteiger partial charge in [0.25, 0.3) is 5.91 Å². The van der Waals surface area contributed by atoms with Gasteiger partial charge >= 0.3 is 0 Å². The average molecular weight is 502 g/mol. The van der Waals surface area contributed by atoms with Crippen molar-refractivity contribution in [2.24, 2.45) is 0 Å². The van der Waals surface area contributed by atoms with Crippen molar-refractivity contribution < 1.29 is 23.5 Å². The van der Waals surface area contributed by atoms with Crippen LogP contribution in [0.3, 0.4) is 0 Å². The van der Waals surface area contributed by atoms with Gasteiger partial charge in [0.2, 0.25) is 11.8 Å². The number of amides is 3. The zero-order valence-electron chi connectivity index (χ0n) is 20.9. The maximum absolute atomic E-state index is 13.9. The molecule has 1 N–H and O–H groups in total. The molecule has 8 heteroatoms. The minimum Gasteiger partial charge on any atom is -0.467 e. The molecular weight excluding hydrogens is 470 g/mol. The van der Waals surface area contributed by atoms with Gasteiger partial charge in [-0.05, 0) is 36.2 Å². The smallest absolute Gasteiger partial charge is 0.257 e. The first-order chi connectivity index (χ1) is 18.0. The van der Waals surface area contributed by atoms with E-state index in [9.17, 15) is 14.4 Å². The predicted octanol–water partition coefficient (Wildman–Crippen LogP) is 3.31. The molecule has 1 spiro atoms. The molecule has 0 saturated carbocycles. The molecule has 3 heterocycles. The fraction of sp³-hybridized carbons (Fsp3) is 0.345. The first kappa shape index (κ1) is 24.8. The maximum atomic E-state index is 13.9. The Morgan fingerprint density at radius 1 is 0.973 bits per heavy atom. The summed E-state index contributed by atoms with van der Waals surface area (Å²) >= 11 is 0. The summed E-state index contributed by atoms with van der Waals surface area (Å²) in [5.41, 5.74) is 1.39. The molecule has 0 aliphatic carbocycles. The first-order valence-corrected chi connectivity index (χ1v) is 12.6. The molecular formula is C29H31N3O5. The summed E-state index contributed by atoms with van der Waals surface area (Å²) in [6.07, 6.45) is 2.76. The van der Waals surface area contributed by atoms with Gasteiger partial charge in [0.05, 0.1) is 25.8 Å². The first-order valence-electron chi connectivity index (χ1n) is 12.6. The molecule has 192 valence electrons. The molecule has 1 aromatic heterocycles. The van der Waals surface area contributed by atoms with E-state index in [0.717, 1.165) is 11.1 Å². The van der Waals surface area contributed by atoms with E-state index in [1.807, 2.05) is 60.4 Å². The molecule has 2 aliphatic heterocycles. The minimum atomic E-state index is -0.949. The van der Waals surface area contributed by atoms with Crippen molar-refractivity contribution in [2.75, 3.05) is 19.7 Å². The fourth-order valence-corrected chi connectivity index (χ4v) is 5.20. The number of carbonyl (C=O) groups excluding carboxylic acids is 3. The van der Waals surface area contributed by atoms with Gasteiger partial charge in [-0.1, -0.05) is 48.5 Å². The van der Waals surface area contributed by atoms with Crippen LogP contribution in [0.4, 0.5) is 0 Å². The van der Waals surface area contributed by atoms with E-state index in [2.05, 4.69) is 5.32 Å². The number of hydrogen-bond acceptors (Lipinski definition) is 5. The molecule has 2 saturated heterocycles. The second-order valence-electron chi connectivity index (χ2n) is 9.60. The van der Waals surface area contributed by atoms with Crippen LogP contribution in [0.2, 0.25) is 0 Å². The van der Waals surface area contributed by atoms with Crippen LogP contribution in [0.1, 0.15) is 40.1 Å². The van der Waals surface area contributed by atoms with E-state index in [4.69, 9.17) is 9.15 Å². The highest BCUT2D eigenvalue weighted by molar-refractivity contribution is 5.99. The number of aryl methyl sites for hydroxylation is 1. The van der Waals surface area contributed by atoms with E-state index in [0.29, 0.717) is 43.7 Å². The van der Waals surface area contributed by atoms with Crippen LogP contribution in [0.5, 0.6) is 0 Å². The molecule has 5 rings (SSSR count). The molecule has 1 atom stereocenters. The number of likely N-dealkylation sites (tertiary alicyclic amines) is 1. The van der Waals surface area contributed by atoms with Gasteiger partial charge in [0.1, 0.15) is 17.5 Å². The number of piperidine rings is 1. The van der Waals surface area contributed by atoms with E-state index in [-0.39, 0.29) is 30.9 Å². The van der Waals surface area contributed by atoms with Gasteiger partial charge in [-0.15, -0.1) is 0 Å². The predicted molar refractivity (Wildman–Crippen MR) is 136 cm³/mol. The number of benzene rings is 2. The molecule has 37 heavy (non-hydrogen) atoms. The normalized spacial score (nSPS) is 18.7. The summed E-state index contributed by atoms with van der Waals surface area (Å²) in [5, 5.41) is 2.88. The molecule has 2 aromatic carbocycles. The molecule has 8 nitrogen and oxygen atoms in total. The van der Waals surface area contributed by atoms with Crippen molar-refractivity contribution in [1.82, 2.24) is 15.1 Å². The Kier molecular flexibility index (Phi) is 7.10. The Morgan fingerprint density at radius 2 is 1.70 bits per heavy atom. The van der Waals surface area contributed by atoms with Crippen molar-refractivity contribution in [3.8, 4) is 0 Å². The van der Waals surface area contributed by atoms with Gasteiger partial charge in [0.15, 0.2) is 0 Å². The third-order valence-corrected chi connectivity index (χ3v) is 7.27. The summed E-state index contributed by atoms with van der Waals surface area (Å²) < 4.78 is 11.6. The number of rotatable bonds is 6. The van der Waals surface area contributed by atoms with Crippen molar-refractivity contribution in [3.63, 3.8) is 0 Å². The summed E-state index contributed by atoms with van der Waals surface area (Å²) in [6.45, 7) is 3.10. The topological polar surface area (TPSA) is 92.1 Å². The molecule has 1 unspecified atom stereocenters. The summed E-state index contributed by atoms with van der Waals surface area (Å²) in [7, 11) is 0. The Balaban J connectivity index is 1.34. The third kappa shape index (κ3) is 5.15. The van der Waals surface area contributed by atoms with Crippen LogP contribution >= 0.6 is 0 Å². The number of ether oxygens (including phenoxy) is 1. The molecule has 2 aliphatic rings. The lowest BCUT2D eigenvalue weighted by molar-refractivity contribution is -0.143. The second kappa shape index (κ2) is 10.6. The van der Waals surface area contributed by atoms with Crippen LogP contribution in [-0.2, 0) is 27.3 Å². The van der Waals surface area contributed by atoms with Crippen LogP contribution in [-0.4, -0.2) is 59.0 Å². The summed E-state index contributed by atoms with van der Waals surface area (Å²) in [5.74, 6) is 0.142. The lowest BCUT2D eigenvalue weighted by atomic mass is 9.95. The quantitative estimate of drug-likeness (QED) is 0.560. The highest BCUT2D eigenvalue weighted by Gasteiger charge is 2.54. The summed E-state index contributed by atoms with van der Waals surface area (Å²) in [6, 6.07) is 19.8. The van der Waals surface area contributed by atoms with Gasteiger partial charge in [-0.2, -0.15) is 0 Å². The Morgan fingerprint density at radius 3 is 2.41 bits per heavy atom. The Bertz CT molecular complexity index is 1250. The minimum absolute atomic E-state index is 0.0450. The number of furan rings is 1. The average Bonchev–Trinajstić information content (AvgIpc) is 3.57. The van der Waals surface area contributed by atoms with E-state index < -0.39 is 11.8 Å². The van der Waals surface area contributed by atoms with Crippen molar-refractivity contribution >= 4 is 17.7 Å². The van der Waals surface area contributed by atoms with Gasteiger partial charge in [-0.3, -0.25) is 19.3 Å². The molecule has 3 aromatic rings. The van der Waals surface area contributed by atoms with E-state index in [1.54, 1.807) is 29.4 Å². The SMILES string of the molecule is Cc1ccccc1C(=O)N1C(C(=O)NCc2ccco2)COC12CCN(C(=O)Cc1ccccc1)CC2. The third-order valence-electron chi connectivity index (χ3n) is 7.27. The second-order valence-corrected chi connectivity index (χ2v) is 9.60. The molecule has 0 bridgehead atoms. The highest BCUT2D eigenvalue weighted by Crippen LogP contribution is 2.39. The zero-order chi connectivity index (χ0) is 25.8. The van der Waals surface area contributed by atoms with Gasteiger partial charge < -0.3 is 19.4 Å². The number of hydrogen-bond donors (Lipinski definition) is 1. The van der Waals surface area contributed by atoms with Crippen molar-refractivity contribution in [1.29, 1.82) is 0 Å². The van der Waals surface area contributed by atoms with Crippen LogP contribution < -0.4 is 5.32 Å². The largest absolute Gasteiger partial charge is 0.467 e. The monoisotopic (exact) mass is 501 g/mol. The standard InChI is InChI=1S/C29H31N3O5/c1-21-8-5-6-12-24(21)28(35)32-25(27(34)30-19-23-11-7-17-36-23)20-37-29(32)13-15-31(16-14-29)26(33)18-22-9-3-2-4-10-22/h2-12,17,25H,13-16,18-20H2,1H3,(H,30,34). The van der Waals surface area contributed by atoms with E-state index >= 15 is 0 Å². The summed E-state index contributed by atoms with van der Waals surface area (Å²) in [4.78, 5) is 43.6. The van der Waals surface area contributed by atoms with Crippen LogP contribution in [0.15, 0.2) is 77.4 Å². The number of carbonyl (C=O) groups is 3. The highest BCUT2D eigenvalue weighted by atomic mass is 16.5. The maximum Gasteiger partial charge on any atom is 0.257 e. The number of nitrogens with one attached hydrogen (secondary N) is 1. The van der Waals surface area contributed by atoms with Crippen LogP contribution in [0, 0.1) is 6.92 Å². The van der Waals surface area contributed by atoms with Crippen LogP contribution in [0.25, 0.3) is 0 Å². The molecule has 0 radical (unpaired) electrons. The Hall–Kier alpha value is -3.91. The van der Waals surface area contributed by atoms with Gasteiger partial charge in [0, 0.05) is 31.5 Å². The lowest BCUT2D eigenvalue weighted by Crippen LogP contribution is -2.60. The fourth-order valence-electron chi connectivity index (χ4n) is 5.20. The number of nitrogens with zero attached hydrogens (tertiary/aromatic N) is 2. The van der Waals surface area contributed by atoms with Crippen molar-refractivity contribution in [2.45, 2.75) is 44.5 Å². The van der Waals surface area contributed by atoms with Crippen molar-refractivity contribution in [3.05, 3.63) is 95.4 Å². The lowest BCUT2D eigenvalue weighted by Gasteiger charge is -2.44. The molecule has 3 amide bonds.